The van der Waals surface area contributed by atoms with Gasteiger partial charge in [0.25, 0.3) is 5.91 Å². The highest BCUT2D eigenvalue weighted by Crippen LogP contribution is 2.26. The number of rotatable bonds is 4. The highest BCUT2D eigenvalue weighted by molar-refractivity contribution is 5.95. The van der Waals surface area contributed by atoms with E-state index in [0.717, 1.165) is 18.4 Å². The maximum absolute atomic E-state index is 12.6. The number of ether oxygens (including phenoxy) is 1. The lowest BCUT2D eigenvalue weighted by molar-refractivity contribution is -0.139. The summed E-state index contributed by atoms with van der Waals surface area (Å²) < 4.78 is 5.32. The fourth-order valence-electron chi connectivity index (χ4n) is 3.29. The standard InChI is InChI=1S/C18H21NO4/c20-16(21)12-18(7-9-23-10-8-18)19-17(22)15-6-5-13-3-1-2-4-14(13)11-15/h1,3,5-6,11H,2,4,7-10,12H2,(H,19,22)(H,20,21). The summed E-state index contributed by atoms with van der Waals surface area (Å²) in [5.74, 6) is -1.10. The Morgan fingerprint density at radius 3 is 2.78 bits per heavy atom. The van der Waals surface area contributed by atoms with Gasteiger partial charge < -0.3 is 15.2 Å². The number of nitrogens with one attached hydrogen (secondary N) is 1. The fourth-order valence-corrected chi connectivity index (χ4v) is 3.29. The highest BCUT2D eigenvalue weighted by atomic mass is 16.5. The van der Waals surface area contributed by atoms with Crippen LogP contribution in [0.1, 0.15) is 47.2 Å². The molecule has 0 saturated carbocycles. The summed E-state index contributed by atoms with van der Waals surface area (Å²) in [5, 5.41) is 12.1. The molecule has 5 nitrogen and oxygen atoms in total. The Morgan fingerprint density at radius 2 is 2.04 bits per heavy atom. The van der Waals surface area contributed by atoms with E-state index in [2.05, 4.69) is 17.5 Å². The minimum atomic E-state index is -0.900. The Hall–Kier alpha value is -2.14. The maximum Gasteiger partial charge on any atom is 0.305 e. The van der Waals surface area contributed by atoms with Gasteiger partial charge in [-0.25, -0.2) is 0 Å². The number of hydrogen-bond acceptors (Lipinski definition) is 3. The monoisotopic (exact) mass is 315 g/mol. The van der Waals surface area contributed by atoms with Gasteiger partial charge in [0.15, 0.2) is 0 Å². The molecule has 3 rings (SSSR count). The quantitative estimate of drug-likeness (QED) is 0.894. The molecule has 1 aliphatic heterocycles. The minimum Gasteiger partial charge on any atom is -0.481 e. The fraction of sp³-hybridized carbons (Fsp3) is 0.444. The third kappa shape index (κ3) is 3.62. The van der Waals surface area contributed by atoms with Gasteiger partial charge >= 0.3 is 5.97 Å². The number of carboxylic acids is 1. The Balaban J connectivity index is 1.79. The van der Waals surface area contributed by atoms with Crippen LogP contribution in [0.4, 0.5) is 0 Å². The molecule has 122 valence electrons. The van der Waals surface area contributed by atoms with Gasteiger partial charge in [-0.05, 0) is 48.9 Å². The smallest absolute Gasteiger partial charge is 0.305 e. The second-order valence-electron chi connectivity index (χ2n) is 6.27. The summed E-state index contributed by atoms with van der Waals surface area (Å²) in [6, 6.07) is 5.67. The number of carboxylic acid groups (broad SMARTS) is 1. The van der Waals surface area contributed by atoms with E-state index in [1.165, 1.54) is 5.56 Å². The zero-order valence-corrected chi connectivity index (χ0v) is 13.0. The van der Waals surface area contributed by atoms with Crippen molar-refractivity contribution in [3.63, 3.8) is 0 Å². The van der Waals surface area contributed by atoms with Gasteiger partial charge in [-0.3, -0.25) is 9.59 Å². The van der Waals surface area contributed by atoms with Crippen molar-refractivity contribution in [2.24, 2.45) is 0 Å². The largest absolute Gasteiger partial charge is 0.481 e. The van der Waals surface area contributed by atoms with Crippen LogP contribution < -0.4 is 5.32 Å². The lowest BCUT2D eigenvalue weighted by atomic mass is 9.86. The zero-order chi connectivity index (χ0) is 16.3. The van der Waals surface area contributed by atoms with Gasteiger partial charge in [-0.2, -0.15) is 0 Å². The molecule has 0 atom stereocenters. The first kappa shape index (κ1) is 15.7. The van der Waals surface area contributed by atoms with Crippen molar-refractivity contribution in [1.82, 2.24) is 5.32 Å². The molecule has 0 radical (unpaired) electrons. The summed E-state index contributed by atoms with van der Waals surface area (Å²) in [4.78, 5) is 23.8. The van der Waals surface area contributed by atoms with Crippen LogP contribution in [0.3, 0.4) is 0 Å². The van der Waals surface area contributed by atoms with Crippen LogP contribution in [-0.4, -0.2) is 35.7 Å². The van der Waals surface area contributed by atoms with Crippen molar-refractivity contribution >= 4 is 18.0 Å². The van der Waals surface area contributed by atoms with Gasteiger partial charge in [0.2, 0.25) is 0 Å². The Bertz CT molecular complexity index is 644. The zero-order valence-electron chi connectivity index (χ0n) is 13.0. The van der Waals surface area contributed by atoms with Crippen LogP contribution in [0, 0.1) is 0 Å². The first-order valence-electron chi connectivity index (χ1n) is 8.00. The van der Waals surface area contributed by atoms with Crippen LogP contribution in [0.5, 0.6) is 0 Å². The number of carbonyl (C=O) groups is 2. The number of hydrogen-bond donors (Lipinski definition) is 2. The van der Waals surface area contributed by atoms with E-state index in [-0.39, 0.29) is 12.3 Å². The van der Waals surface area contributed by atoms with Gasteiger partial charge in [-0.1, -0.05) is 18.2 Å². The molecule has 0 bridgehead atoms. The minimum absolute atomic E-state index is 0.0736. The van der Waals surface area contributed by atoms with Crippen LogP contribution in [0.15, 0.2) is 24.3 Å². The molecule has 5 heteroatoms. The lowest BCUT2D eigenvalue weighted by Gasteiger charge is -2.36. The molecule has 0 unspecified atom stereocenters. The molecular weight excluding hydrogens is 294 g/mol. The van der Waals surface area contributed by atoms with Crippen molar-refractivity contribution in [1.29, 1.82) is 0 Å². The first-order valence-corrected chi connectivity index (χ1v) is 8.00. The number of carbonyl (C=O) groups excluding carboxylic acids is 1. The Kier molecular flexibility index (Phi) is 4.48. The van der Waals surface area contributed by atoms with E-state index in [4.69, 9.17) is 4.74 Å². The normalized spacial score (nSPS) is 19.0. The van der Waals surface area contributed by atoms with E-state index in [1.807, 2.05) is 12.1 Å². The number of benzene rings is 1. The predicted molar refractivity (Wildman–Crippen MR) is 86.3 cm³/mol. The molecule has 1 heterocycles. The third-order valence-electron chi connectivity index (χ3n) is 4.60. The van der Waals surface area contributed by atoms with E-state index in [1.54, 1.807) is 6.07 Å². The van der Waals surface area contributed by atoms with Gasteiger partial charge in [-0.15, -0.1) is 0 Å². The van der Waals surface area contributed by atoms with E-state index in [0.29, 0.717) is 31.6 Å². The van der Waals surface area contributed by atoms with Gasteiger partial charge in [0, 0.05) is 18.8 Å². The molecule has 1 aromatic rings. The number of aliphatic carboxylic acids is 1. The maximum atomic E-state index is 12.6. The van der Waals surface area contributed by atoms with Crippen LogP contribution in [0.25, 0.3) is 6.08 Å². The van der Waals surface area contributed by atoms with E-state index in [9.17, 15) is 14.7 Å². The Morgan fingerprint density at radius 1 is 1.26 bits per heavy atom. The molecule has 1 amide bonds. The molecule has 1 aromatic carbocycles. The molecule has 23 heavy (non-hydrogen) atoms. The summed E-state index contributed by atoms with van der Waals surface area (Å²) in [7, 11) is 0. The second kappa shape index (κ2) is 6.54. The van der Waals surface area contributed by atoms with Crippen molar-refractivity contribution in [3.05, 3.63) is 41.0 Å². The summed E-state index contributed by atoms with van der Waals surface area (Å²) in [6.07, 6.45) is 7.10. The third-order valence-corrected chi connectivity index (χ3v) is 4.60. The van der Waals surface area contributed by atoms with Crippen molar-refractivity contribution in [3.8, 4) is 0 Å². The molecule has 0 aromatic heterocycles. The van der Waals surface area contributed by atoms with Crippen LogP contribution in [0.2, 0.25) is 0 Å². The molecule has 1 saturated heterocycles. The molecule has 2 N–H and O–H groups in total. The number of allylic oxidation sites excluding steroid dienone is 1. The number of fused-ring (bicyclic) bond motifs is 1. The second-order valence-corrected chi connectivity index (χ2v) is 6.27. The predicted octanol–water partition coefficient (Wildman–Crippen LogP) is 2.40. The highest BCUT2D eigenvalue weighted by Gasteiger charge is 2.36. The molecule has 0 spiro atoms. The Labute approximate surface area is 135 Å². The van der Waals surface area contributed by atoms with Gasteiger partial charge in [0.1, 0.15) is 0 Å². The lowest BCUT2D eigenvalue weighted by Crippen LogP contribution is -2.53. The molecule has 2 aliphatic rings. The summed E-state index contributed by atoms with van der Waals surface area (Å²) in [6.45, 7) is 0.949. The summed E-state index contributed by atoms with van der Waals surface area (Å²) >= 11 is 0. The SMILES string of the molecule is O=C(O)CC1(NC(=O)c2ccc3c(c2)CCC=C3)CCOCC1. The van der Waals surface area contributed by atoms with E-state index < -0.39 is 11.5 Å². The van der Waals surface area contributed by atoms with Crippen molar-refractivity contribution in [2.45, 2.75) is 37.6 Å². The van der Waals surface area contributed by atoms with Crippen LogP contribution >= 0.6 is 0 Å². The average molecular weight is 315 g/mol. The van der Waals surface area contributed by atoms with E-state index >= 15 is 0 Å². The molecular formula is C18H21NO4. The van der Waals surface area contributed by atoms with Crippen molar-refractivity contribution in [2.75, 3.05) is 13.2 Å². The van der Waals surface area contributed by atoms with Crippen molar-refractivity contribution < 1.29 is 19.4 Å². The topological polar surface area (TPSA) is 75.6 Å². The molecule has 1 aliphatic carbocycles. The summed E-state index contributed by atoms with van der Waals surface area (Å²) in [5.41, 5.74) is 2.20. The average Bonchev–Trinajstić information content (AvgIpc) is 2.54. The number of aryl methyl sites for hydroxylation is 1. The van der Waals surface area contributed by atoms with Crippen LogP contribution in [-0.2, 0) is 16.0 Å². The van der Waals surface area contributed by atoms with Gasteiger partial charge in [0.05, 0.1) is 12.0 Å². The first-order chi connectivity index (χ1) is 11.1. The molecule has 1 fully saturated rings. The number of amides is 1.